The van der Waals surface area contributed by atoms with E-state index in [1.165, 1.54) is 0 Å². The van der Waals surface area contributed by atoms with Crippen LogP contribution in [-0.2, 0) is 23.4 Å². The monoisotopic (exact) mass is 307 g/mol. The van der Waals surface area contributed by atoms with Gasteiger partial charge >= 0.3 is 0 Å². The fourth-order valence-electron chi connectivity index (χ4n) is 2.28. The van der Waals surface area contributed by atoms with Gasteiger partial charge in [0.05, 0.1) is 22.0 Å². The van der Waals surface area contributed by atoms with E-state index >= 15 is 0 Å². The van der Waals surface area contributed by atoms with Crippen LogP contribution in [0.1, 0.15) is 24.6 Å². The molecule has 1 aromatic heterocycles. The quantitative estimate of drug-likeness (QED) is 0.890. The molecule has 0 aliphatic rings. The molecule has 0 saturated carbocycles. The van der Waals surface area contributed by atoms with Crippen LogP contribution in [0.15, 0.2) is 35.4 Å². The van der Waals surface area contributed by atoms with Gasteiger partial charge in [0.2, 0.25) is 0 Å². The molecular formula is C15H21N3O2S. The van der Waals surface area contributed by atoms with Crippen molar-refractivity contribution in [1.82, 2.24) is 9.78 Å². The normalized spacial score (nSPS) is 11.6. The molecule has 21 heavy (non-hydrogen) atoms. The topological polar surface area (TPSA) is 64.0 Å². The highest BCUT2D eigenvalue weighted by Crippen LogP contribution is 2.23. The molecule has 1 N–H and O–H groups in total. The zero-order chi connectivity index (χ0) is 15.5. The van der Waals surface area contributed by atoms with Gasteiger partial charge in [-0.15, -0.1) is 0 Å². The number of aryl methyl sites for hydroxylation is 2. The van der Waals surface area contributed by atoms with Crippen molar-refractivity contribution in [2.24, 2.45) is 7.05 Å². The van der Waals surface area contributed by atoms with E-state index in [2.05, 4.69) is 10.4 Å². The molecule has 0 bridgehead atoms. The lowest BCUT2D eigenvalue weighted by Gasteiger charge is -2.12. The van der Waals surface area contributed by atoms with Gasteiger partial charge in [-0.05, 0) is 25.5 Å². The molecule has 5 nitrogen and oxygen atoms in total. The van der Waals surface area contributed by atoms with Gasteiger partial charge in [-0.1, -0.05) is 19.1 Å². The summed E-state index contributed by atoms with van der Waals surface area (Å²) in [6.45, 7) is 4.36. The predicted octanol–water partition coefficient (Wildman–Crippen LogP) is 2.52. The third-order valence-electron chi connectivity index (χ3n) is 3.28. The fraction of sp³-hybridized carbons (Fsp3) is 0.400. The summed E-state index contributed by atoms with van der Waals surface area (Å²) in [7, 11) is -1.36. The molecule has 0 fully saturated rings. The molecule has 0 atom stereocenters. The van der Waals surface area contributed by atoms with Crippen LogP contribution in [0, 0.1) is 6.92 Å². The van der Waals surface area contributed by atoms with Crippen molar-refractivity contribution in [3.8, 4) is 0 Å². The van der Waals surface area contributed by atoms with Crippen molar-refractivity contribution in [3.63, 3.8) is 0 Å². The zero-order valence-corrected chi connectivity index (χ0v) is 13.4. The van der Waals surface area contributed by atoms with Gasteiger partial charge in [-0.2, -0.15) is 5.10 Å². The first kappa shape index (κ1) is 15.6. The van der Waals surface area contributed by atoms with Crippen molar-refractivity contribution >= 4 is 15.5 Å². The maximum atomic E-state index is 12.3. The minimum absolute atomic E-state index is 0.164. The Morgan fingerprint density at radius 1 is 1.29 bits per heavy atom. The van der Waals surface area contributed by atoms with Crippen LogP contribution >= 0.6 is 0 Å². The largest absolute Gasteiger partial charge is 0.380 e. The summed E-state index contributed by atoms with van der Waals surface area (Å²) in [6, 6.07) is 7.05. The molecule has 2 rings (SSSR count). The van der Waals surface area contributed by atoms with E-state index in [9.17, 15) is 8.42 Å². The number of nitrogens with one attached hydrogen (secondary N) is 1. The minimum Gasteiger partial charge on any atom is -0.380 e. The zero-order valence-electron chi connectivity index (χ0n) is 12.6. The molecule has 0 radical (unpaired) electrons. The molecule has 0 unspecified atom stereocenters. The molecule has 1 aromatic carbocycles. The second-order valence-electron chi connectivity index (χ2n) is 5.08. The van der Waals surface area contributed by atoms with Crippen molar-refractivity contribution in [2.75, 3.05) is 11.1 Å². The predicted molar refractivity (Wildman–Crippen MR) is 84.1 cm³/mol. The van der Waals surface area contributed by atoms with E-state index < -0.39 is 9.84 Å². The SMILES string of the molecule is CCCS(=O)(=O)c1ccccc1NCc1cn(C)nc1C. The number of hydrogen-bond donors (Lipinski definition) is 1. The maximum absolute atomic E-state index is 12.3. The lowest BCUT2D eigenvalue weighted by Crippen LogP contribution is -2.10. The van der Waals surface area contributed by atoms with E-state index in [-0.39, 0.29) is 5.75 Å². The van der Waals surface area contributed by atoms with Gasteiger partial charge < -0.3 is 5.32 Å². The number of aromatic nitrogens is 2. The van der Waals surface area contributed by atoms with Crippen molar-refractivity contribution in [2.45, 2.75) is 31.7 Å². The summed E-state index contributed by atoms with van der Waals surface area (Å²) in [5.74, 6) is 0.164. The Kier molecular flexibility index (Phi) is 4.67. The summed E-state index contributed by atoms with van der Waals surface area (Å²) in [4.78, 5) is 0.369. The smallest absolute Gasteiger partial charge is 0.180 e. The fourth-order valence-corrected chi connectivity index (χ4v) is 3.79. The van der Waals surface area contributed by atoms with E-state index in [0.717, 1.165) is 11.3 Å². The molecule has 0 spiro atoms. The third kappa shape index (κ3) is 3.64. The van der Waals surface area contributed by atoms with Gasteiger partial charge in [-0.25, -0.2) is 8.42 Å². The van der Waals surface area contributed by atoms with Crippen LogP contribution in [0.25, 0.3) is 0 Å². The minimum atomic E-state index is -3.23. The van der Waals surface area contributed by atoms with Crippen LogP contribution in [0.2, 0.25) is 0 Å². The summed E-state index contributed by atoms with van der Waals surface area (Å²) in [5, 5.41) is 7.50. The molecule has 0 aliphatic heterocycles. The average molecular weight is 307 g/mol. The highest BCUT2D eigenvalue weighted by molar-refractivity contribution is 7.91. The molecule has 6 heteroatoms. The Labute approximate surface area is 125 Å². The lowest BCUT2D eigenvalue weighted by atomic mass is 10.2. The Balaban J connectivity index is 2.23. The van der Waals surface area contributed by atoms with Crippen molar-refractivity contribution in [3.05, 3.63) is 41.7 Å². The standard InChI is InChI=1S/C15H21N3O2S/c1-4-9-21(19,20)15-8-6-5-7-14(15)16-10-13-11-18(3)17-12(13)2/h5-8,11,16H,4,9-10H2,1-3H3. The highest BCUT2D eigenvalue weighted by Gasteiger charge is 2.17. The van der Waals surface area contributed by atoms with Crippen LogP contribution in [-0.4, -0.2) is 24.0 Å². The van der Waals surface area contributed by atoms with Gasteiger partial charge in [0.1, 0.15) is 0 Å². The molecule has 0 amide bonds. The van der Waals surface area contributed by atoms with E-state index in [0.29, 0.717) is 23.5 Å². The number of hydrogen-bond acceptors (Lipinski definition) is 4. The molecule has 2 aromatic rings. The third-order valence-corrected chi connectivity index (χ3v) is 5.25. The van der Waals surface area contributed by atoms with Crippen LogP contribution < -0.4 is 5.32 Å². The van der Waals surface area contributed by atoms with E-state index in [4.69, 9.17) is 0 Å². The second kappa shape index (κ2) is 6.30. The maximum Gasteiger partial charge on any atom is 0.180 e. The summed E-state index contributed by atoms with van der Waals surface area (Å²) < 4.78 is 26.3. The van der Waals surface area contributed by atoms with Crippen molar-refractivity contribution < 1.29 is 8.42 Å². The Morgan fingerprint density at radius 2 is 2.00 bits per heavy atom. The van der Waals surface area contributed by atoms with Gasteiger partial charge in [0.25, 0.3) is 0 Å². The molecule has 0 saturated heterocycles. The van der Waals surface area contributed by atoms with Crippen LogP contribution in [0.3, 0.4) is 0 Å². The first-order chi connectivity index (χ1) is 9.94. The van der Waals surface area contributed by atoms with E-state index in [1.807, 2.05) is 33.2 Å². The first-order valence-corrected chi connectivity index (χ1v) is 8.64. The number of anilines is 1. The first-order valence-electron chi connectivity index (χ1n) is 6.99. The Bertz CT molecular complexity index is 720. The van der Waals surface area contributed by atoms with Gasteiger partial charge in [-0.3, -0.25) is 4.68 Å². The molecule has 1 heterocycles. The molecule has 114 valence electrons. The number of rotatable bonds is 6. The summed E-state index contributed by atoms with van der Waals surface area (Å²) >= 11 is 0. The Morgan fingerprint density at radius 3 is 2.62 bits per heavy atom. The number of para-hydroxylation sites is 1. The summed E-state index contributed by atoms with van der Waals surface area (Å²) in [6.07, 6.45) is 2.55. The van der Waals surface area contributed by atoms with E-state index in [1.54, 1.807) is 22.9 Å². The molecule has 0 aliphatic carbocycles. The highest BCUT2D eigenvalue weighted by atomic mass is 32.2. The number of nitrogens with zero attached hydrogens (tertiary/aromatic N) is 2. The molecular weight excluding hydrogens is 286 g/mol. The summed E-state index contributed by atoms with van der Waals surface area (Å²) in [5.41, 5.74) is 2.65. The van der Waals surface area contributed by atoms with Crippen LogP contribution in [0.4, 0.5) is 5.69 Å². The lowest BCUT2D eigenvalue weighted by molar-refractivity contribution is 0.595. The number of sulfone groups is 1. The van der Waals surface area contributed by atoms with Crippen LogP contribution in [0.5, 0.6) is 0 Å². The second-order valence-corrected chi connectivity index (χ2v) is 7.16. The average Bonchev–Trinajstić information content (AvgIpc) is 2.75. The Hall–Kier alpha value is -1.82. The van der Waals surface area contributed by atoms with Crippen molar-refractivity contribution in [1.29, 1.82) is 0 Å². The van der Waals surface area contributed by atoms with Gasteiger partial charge in [0.15, 0.2) is 9.84 Å². The van der Waals surface area contributed by atoms with Gasteiger partial charge in [0, 0.05) is 25.4 Å². The number of benzene rings is 1.